The molecule has 0 unspecified atom stereocenters. The molecule has 202 valence electrons. The maximum Gasteiger partial charge on any atom is 0.355 e. The van der Waals surface area contributed by atoms with E-state index in [4.69, 9.17) is 9.47 Å². The van der Waals surface area contributed by atoms with Crippen molar-refractivity contribution in [1.82, 2.24) is 9.55 Å². The molecule has 0 amide bonds. The number of benzene rings is 2. The average Bonchev–Trinajstić information content (AvgIpc) is 3.17. The normalized spacial score (nSPS) is 11.2. The van der Waals surface area contributed by atoms with E-state index in [9.17, 15) is 9.18 Å². The predicted octanol–water partition coefficient (Wildman–Crippen LogP) is 8.00. The maximum atomic E-state index is 14.6. The number of aromatic nitrogens is 2. The Hall–Kier alpha value is -3.67. The zero-order chi connectivity index (χ0) is 28.0. The molecule has 0 atom stereocenters. The highest BCUT2D eigenvalue weighted by Gasteiger charge is 2.28. The van der Waals surface area contributed by atoms with Crippen LogP contribution in [0, 0.1) is 18.2 Å². The third-order valence-electron chi connectivity index (χ3n) is 5.74. The summed E-state index contributed by atoms with van der Waals surface area (Å²) in [5.74, 6) is -0.379. The summed E-state index contributed by atoms with van der Waals surface area (Å²) >= 11 is 0. The lowest BCUT2D eigenvalue weighted by atomic mass is 9.99. The van der Waals surface area contributed by atoms with Crippen LogP contribution < -0.4 is 4.74 Å². The van der Waals surface area contributed by atoms with E-state index in [0.717, 1.165) is 28.5 Å². The standard InChI is InChI=1S/C27H27FN2O3.C5H12/c1-5-18-11-12-23-20(14-18)24(21-13-17(3)15-29-26(21)32-4)25(27(31)33-6-2)30(23)16-19-9-7-8-10-22(19)28;1-5(2,3)4/h7-15H,5-6,16H2,1-4H3;1-4H3. The SMILES string of the molecule is CC(C)(C)C.CCOC(=O)c1c(-c2cc(C)cnc2OC)c2cc(CC)ccc2n1Cc1ccccc1F. The van der Waals surface area contributed by atoms with E-state index in [1.165, 1.54) is 6.07 Å². The molecule has 38 heavy (non-hydrogen) atoms. The molecule has 0 saturated carbocycles. The summed E-state index contributed by atoms with van der Waals surface area (Å²) in [7, 11) is 1.56. The lowest BCUT2D eigenvalue weighted by Gasteiger charge is -2.13. The Balaban J connectivity index is 0.000000732. The molecule has 6 heteroatoms. The molecule has 0 aliphatic heterocycles. The van der Waals surface area contributed by atoms with Crippen molar-refractivity contribution in [3.8, 4) is 17.0 Å². The Morgan fingerprint density at radius 2 is 1.74 bits per heavy atom. The van der Waals surface area contributed by atoms with Gasteiger partial charge in [-0.15, -0.1) is 0 Å². The molecule has 0 N–H and O–H groups in total. The second-order valence-electron chi connectivity index (χ2n) is 10.9. The number of halogens is 1. The van der Waals surface area contributed by atoms with Crippen molar-refractivity contribution in [3.63, 3.8) is 0 Å². The Bertz CT molecular complexity index is 1410. The topological polar surface area (TPSA) is 53.4 Å². The molecule has 0 fully saturated rings. The van der Waals surface area contributed by atoms with Gasteiger partial charge in [-0.2, -0.15) is 0 Å². The van der Waals surface area contributed by atoms with Crippen LogP contribution in [0.3, 0.4) is 0 Å². The highest BCUT2D eigenvalue weighted by molar-refractivity contribution is 6.09. The van der Waals surface area contributed by atoms with Gasteiger partial charge in [-0.25, -0.2) is 14.2 Å². The van der Waals surface area contributed by atoms with Crippen LogP contribution >= 0.6 is 0 Å². The van der Waals surface area contributed by atoms with Crippen LogP contribution in [0.5, 0.6) is 5.88 Å². The van der Waals surface area contributed by atoms with Crippen LogP contribution in [0.15, 0.2) is 54.7 Å². The van der Waals surface area contributed by atoms with Crippen LogP contribution in [-0.2, 0) is 17.7 Å². The van der Waals surface area contributed by atoms with Gasteiger partial charge in [-0.3, -0.25) is 0 Å². The van der Waals surface area contributed by atoms with Crippen molar-refractivity contribution >= 4 is 16.9 Å². The fourth-order valence-electron chi connectivity index (χ4n) is 4.17. The number of rotatable bonds is 7. The number of hydrogen-bond acceptors (Lipinski definition) is 4. The Kier molecular flexibility index (Phi) is 9.31. The van der Waals surface area contributed by atoms with E-state index >= 15 is 0 Å². The number of esters is 1. The molecule has 5 nitrogen and oxygen atoms in total. The quantitative estimate of drug-likeness (QED) is 0.233. The van der Waals surface area contributed by atoms with Crippen LogP contribution in [0.25, 0.3) is 22.0 Å². The molecular weight excluding hydrogens is 479 g/mol. The number of hydrogen-bond donors (Lipinski definition) is 0. The van der Waals surface area contributed by atoms with Crippen molar-refractivity contribution in [2.24, 2.45) is 5.41 Å². The number of methoxy groups -OCH3 is 1. The Morgan fingerprint density at radius 1 is 1.05 bits per heavy atom. The summed E-state index contributed by atoms with van der Waals surface area (Å²) in [5, 5.41) is 0.874. The molecule has 0 aliphatic rings. The molecule has 0 spiro atoms. The highest BCUT2D eigenvalue weighted by atomic mass is 19.1. The molecular formula is C32H39FN2O3. The van der Waals surface area contributed by atoms with Crippen molar-refractivity contribution in [2.45, 2.75) is 61.4 Å². The first kappa shape index (κ1) is 28.9. The molecule has 2 aromatic carbocycles. The smallest absolute Gasteiger partial charge is 0.355 e. The fourth-order valence-corrected chi connectivity index (χ4v) is 4.17. The lowest BCUT2D eigenvalue weighted by molar-refractivity contribution is 0.0516. The van der Waals surface area contributed by atoms with E-state index < -0.39 is 5.97 Å². The van der Waals surface area contributed by atoms with Gasteiger partial charge in [0.25, 0.3) is 0 Å². The number of carbonyl (C=O) groups is 1. The average molecular weight is 519 g/mol. The molecule has 0 radical (unpaired) electrons. The van der Waals surface area contributed by atoms with Crippen LogP contribution in [0.1, 0.15) is 68.7 Å². The number of aryl methyl sites for hydroxylation is 2. The highest BCUT2D eigenvalue weighted by Crippen LogP contribution is 2.40. The van der Waals surface area contributed by atoms with Gasteiger partial charge in [0, 0.05) is 33.8 Å². The predicted molar refractivity (Wildman–Crippen MR) is 152 cm³/mol. The van der Waals surface area contributed by atoms with Crippen LogP contribution in [0.4, 0.5) is 4.39 Å². The van der Waals surface area contributed by atoms with Gasteiger partial charge in [0.2, 0.25) is 5.88 Å². The molecule has 2 aromatic heterocycles. The minimum absolute atomic E-state index is 0.185. The summed E-state index contributed by atoms with van der Waals surface area (Å²) in [6.45, 7) is 15.0. The molecule has 0 saturated heterocycles. The van der Waals surface area contributed by atoms with Crippen LogP contribution in [-0.4, -0.2) is 29.2 Å². The second-order valence-corrected chi connectivity index (χ2v) is 10.9. The first-order valence-electron chi connectivity index (χ1n) is 13.0. The van der Waals surface area contributed by atoms with E-state index in [1.54, 1.807) is 38.4 Å². The molecule has 0 bridgehead atoms. The van der Waals surface area contributed by atoms with E-state index in [-0.39, 0.29) is 19.0 Å². The molecule has 0 aliphatic carbocycles. The molecule has 2 heterocycles. The summed E-state index contributed by atoms with van der Waals surface area (Å²) in [6, 6.07) is 14.6. The third kappa shape index (κ3) is 6.80. The van der Waals surface area contributed by atoms with E-state index in [2.05, 4.69) is 45.7 Å². The summed E-state index contributed by atoms with van der Waals surface area (Å²) in [6.07, 6.45) is 2.56. The number of ether oxygens (including phenoxy) is 2. The van der Waals surface area contributed by atoms with Gasteiger partial charge in [-0.1, -0.05) is 58.9 Å². The van der Waals surface area contributed by atoms with Crippen molar-refractivity contribution in [1.29, 1.82) is 0 Å². The monoisotopic (exact) mass is 518 g/mol. The van der Waals surface area contributed by atoms with E-state index in [1.807, 2.05) is 29.7 Å². The van der Waals surface area contributed by atoms with Gasteiger partial charge in [0.15, 0.2) is 0 Å². The van der Waals surface area contributed by atoms with Gasteiger partial charge in [0.05, 0.1) is 20.3 Å². The third-order valence-corrected chi connectivity index (χ3v) is 5.74. The fraction of sp³-hybridized carbons (Fsp3) is 0.375. The van der Waals surface area contributed by atoms with E-state index in [0.29, 0.717) is 33.7 Å². The van der Waals surface area contributed by atoms with Crippen molar-refractivity contribution in [3.05, 3.63) is 82.9 Å². The van der Waals surface area contributed by atoms with Gasteiger partial charge < -0.3 is 14.0 Å². The number of carbonyl (C=O) groups excluding carboxylic acids is 1. The minimum atomic E-state index is -0.471. The van der Waals surface area contributed by atoms with Crippen LogP contribution in [0.2, 0.25) is 0 Å². The summed E-state index contributed by atoms with van der Waals surface area (Å²) < 4.78 is 27.5. The van der Waals surface area contributed by atoms with Gasteiger partial charge in [0.1, 0.15) is 11.5 Å². The first-order valence-corrected chi connectivity index (χ1v) is 13.0. The molecule has 4 aromatic rings. The first-order chi connectivity index (χ1) is 18.0. The Morgan fingerprint density at radius 3 is 2.34 bits per heavy atom. The number of nitrogens with zero attached hydrogens (tertiary/aromatic N) is 2. The summed E-state index contributed by atoms with van der Waals surface area (Å²) in [5.41, 5.74) is 5.60. The summed E-state index contributed by atoms with van der Waals surface area (Å²) in [4.78, 5) is 17.8. The Labute approximate surface area is 225 Å². The van der Waals surface area contributed by atoms with Gasteiger partial charge in [-0.05, 0) is 61.1 Å². The number of fused-ring (bicyclic) bond motifs is 1. The number of pyridine rings is 1. The zero-order valence-electron chi connectivity index (χ0n) is 23.8. The minimum Gasteiger partial charge on any atom is -0.481 e. The van der Waals surface area contributed by atoms with Crippen molar-refractivity contribution in [2.75, 3.05) is 13.7 Å². The van der Waals surface area contributed by atoms with Gasteiger partial charge >= 0.3 is 5.97 Å². The largest absolute Gasteiger partial charge is 0.481 e. The molecule has 4 rings (SSSR count). The second kappa shape index (κ2) is 12.2. The zero-order valence-corrected chi connectivity index (χ0v) is 23.8. The maximum absolute atomic E-state index is 14.6. The lowest BCUT2D eigenvalue weighted by Crippen LogP contribution is -2.15. The van der Waals surface area contributed by atoms with Crippen molar-refractivity contribution < 1.29 is 18.7 Å².